The second-order valence-electron chi connectivity index (χ2n) is 11.8. The van der Waals surface area contributed by atoms with E-state index in [4.69, 9.17) is 4.74 Å². The summed E-state index contributed by atoms with van der Waals surface area (Å²) in [7, 11) is 1.27. The van der Waals surface area contributed by atoms with Crippen LogP contribution in [0.4, 0.5) is 16.2 Å². The zero-order valence-corrected chi connectivity index (χ0v) is 25.8. The van der Waals surface area contributed by atoms with Gasteiger partial charge in [-0.1, -0.05) is 26.8 Å². The maximum atomic E-state index is 14.0. The van der Waals surface area contributed by atoms with Gasteiger partial charge in [0.25, 0.3) is 5.91 Å². The van der Waals surface area contributed by atoms with Crippen LogP contribution in [-0.2, 0) is 19.7 Å². The fourth-order valence-corrected chi connectivity index (χ4v) is 5.91. The van der Waals surface area contributed by atoms with Crippen molar-refractivity contribution in [3.05, 3.63) is 64.1 Å². The van der Waals surface area contributed by atoms with Crippen LogP contribution in [0.5, 0.6) is 0 Å². The van der Waals surface area contributed by atoms with E-state index in [1.54, 1.807) is 26.2 Å². The van der Waals surface area contributed by atoms with Crippen LogP contribution in [0.1, 0.15) is 54.7 Å². The molecule has 0 radical (unpaired) electrons. The number of aryl methyl sites for hydroxylation is 1. The minimum Gasteiger partial charge on any atom is -0.468 e. The number of rotatable bonds is 6. The minimum atomic E-state index is -1.21. The number of carbonyl (C=O) groups excluding carboxylic acids is 4. The fourth-order valence-electron chi connectivity index (χ4n) is 4.79. The van der Waals surface area contributed by atoms with Crippen molar-refractivity contribution in [1.82, 2.24) is 14.8 Å². The van der Waals surface area contributed by atoms with Gasteiger partial charge in [-0.15, -0.1) is 11.3 Å². The molecule has 1 aliphatic heterocycles. The summed E-state index contributed by atoms with van der Waals surface area (Å²) in [4.78, 5) is 60.5. The average molecular weight is 592 g/mol. The molecule has 42 heavy (non-hydrogen) atoms. The fraction of sp³-hybridized carbons (Fsp3) is 0.387. The van der Waals surface area contributed by atoms with Gasteiger partial charge in [-0.25, -0.2) is 4.79 Å². The summed E-state index contributed by atoms with van der Waals surface area (Å²) in [5.41, 5.74) is 2.48. The lowest BCUT2D eigenvalue weighted by Crippen LogP contribution is -2.65. The van der Waals surface area contributed by atoms with Crippen molar-refractivity contribution < 1.29 is 23.9 Å². The Bertz CT molecular complexity index is 1510. The van der Waals surface area contributed by atoms with Gasteiger partial charge >= 0.3 is 12.0 Å². The van der Waals surface area contributed by atoms with E-state index in [1.165, 1.54) is 28.2 Å². The van der Waals surface area contributed by atoms with Gasteiger partial charge < -0.3 is 25.2 Å². The molecule has 0 bridgehead atoms. The Morgan fingerprint density at radius 2 is 1.74 bits per heavy atom. The number of nitrogens with one attached hydrogen (secondary N) is 2. The molecule has 222 valence electrons. The van der Waals surface area contributed by atoms with Crippen molar-refractivity contribution in [3.63, 3.8) is 0 Å². The molecule has 0 spiro atoms. The number of amides is 4. The van der Waals surface area contributed by atoms with E-state index in [1.807, 2.05) is 64.1 Å². The third kappa shape index (κ3) is 6.46. The quantitative estimate of drug-likeness (QED) is 0.376. The molecule has 11 heteroatoms. The Morgan fingerprint density at radius 1 is 1.05 bits per heavy atom. The molecule has 0 aliphatic carbocycles. The van der Waals surface area contributed by atoms with Crippen LogP contribution < -0.4 is 10.6 Å². The molecule has 1 aliphatic rings. The van der Waals surface area contributed by atoms with Crippen LogP contribution in [-0.4, -0.2) is 70.9 Å². The van der Waals surface area contributed by atoms with Crippen LogP contribution in [0.3, 0.4) is 0 Å². The monoisotopic (exact) mass is 591 g/mol. The molecule has 3 heterocycles. The molecular weight excluding hydrogens is 554 g/mol. The van der Waals surface area contributed by atoms with Gasteiger partial charge in [-0.05, 0) is 73.2 Å². The zero-order valence-electron chi connectivity index (χ0n) is 25.0. The second-order valence-corrected chi connectivity index (χ2v) is 12.8. The lowest BCUT2D eigenvalue weighted by atomic mass is 9.94. The first-order valence-corrected chi connectivity index (χ1v) is 14.5. The summed E-state index contributed by atoms with van der Waals surface area (Å²) in [6, 6.07) is 10.8. The molecule has 4 amide bonds. The number of carbonyl (C=O) groups is 4. The molecular formula is C31H37N5O5S. The Balaban J connectivity index is 1.58. The van der Waals surface area contributed by atoms with E-state index in [0.29, 0.717) is 16.3 Å². The van der Waals surface area contributed by atoms with Gasteiger partial charge in [-0.2, -0.15) is 0 Å². The Morgan fingerprint density at radius 3 is 2.38 bits per heavy atom. The lowest BCUT2D eigenvalue weighted by molar-refractivity contribution is -0.154. The highest BCUT2D eigenvalue weighted by molar-refractivity contribution is 7.14. The van der Waals surface area contributed by atoms with Crippen molar-refractivity contribution in [2.24, 2.45) is 0 Å². The topological polar surface area (TPSA) is 121 Å². The zero-order chi connectivity index (χ0) is 30.8. The van der Waals surface area contributed by atoms with Crippen molar-refractivity contribution >= 4 is 46.5 Å². The summed E-state index contributed by atoms with van der Waals surface area (Å²) >= 11 is 1.30. The maximum absolute atomic E-state index is 14.0. The molecule has 2 aromatic heterocycles. The number of methoxy groups -OCH3 is 1. The smallest absolute Gasteiger partial charge is 0.325 e. The highest BCUT2D eigenvalue weighted by Crippen LogP contribution is 2.38. The van der Waals surface area contributed by atoms with Gasteiger partial charge in [0.2, 0.25) is 5.91 Å². The second kappa shape index (κ2) is 11.9. The third-order valence-corrected chi connectivity index (χ3v) is 8.82. The van der Waals surface area contributed by atoms with Gasteiger partial charge in [0.05, 0.1) is 12.8 Å². The first kappa shape index (κ1) is 30.7. The summed E-state index contributed by atoms with van der Waals surface area (Å²) in [5.74, 6) is -1.24. The number of urea groups is 1. The summed E-state index contributed by atoms with van der Waals surface area (Å²) < 4.78 is 4.72. The van der Waals surface area contributed by atoms with Crippen LogP contribution in [0.2, 0.25) is 0 Å². The summed E-state index contributed by atoms with van der Waals surface area (Å²) in [6.45, 7) is 11.6. The lowest BCUT2D eigenvalue weighted by Gasteiger charge is -2.45. The SMILES string of the molecule is COC(=O)CN1CCN(C(=O)c2sc(C(C)(C)C)cc2NC(=O)Nc2ccc(C)c(-c3ccncc3)c2)C(C)(C)C1=O. The van der Waals surface area contributed by atoms with Crippen LogP contribution in [0, 0.1) is 6.92 Å². The highest BCUT2D eigenvalue weighted by atomic mass is 32.1. The van der Waals surface area contributed by atoms with E-state index in [-0.39, 0.29) is 36.9 Å². The number of benzene rings is 1. The third-order valence-electron chi connectivity index (χ3n) is 7.27. The predicted octanol–water partition coefficient (Wildman–Crippen LogP) is 5.30. The molecule has 1 fully saturated rings. The van der Waals surface area contributed by atoms with Gasteiger partial charge in [-0.3, -0.25) is 19.4 Å². The van der Waals surface area contributed by atoms with Crippen molar-refractivity contribution in [3.8, 4) is 11.1 Å². The van der Waals surface area contributed by atoms with Gasteiger partial charge in [0.1, 0.15) is 17.0 Å². The molecule has 1 saturated heterocycles. The first-order chi connectivity index (χ1) is 19.7. The van der Waals surface area contributed by atoms with E-state index >= 15 is 0 Å². The van der Waals surface area contributed by atoms with Crippen molar-refractivity contribution in [2.75, 3.05) is 37.4 Å². The standard InChI is InChI=1S/C31H37N5O5S/c1-19-8-9-21(16-22(19)20-10-12-32-13-11-20)33-29(40)34-23-17-24(30(2,3)4)42-26(23)27(38)36-15-14-35(18-25(37)41-7)28(39)31(36,5)6/h8-13,16-17H,14-15,18H2,1-7H3,(H2,33,34,40). The molecule has 0 atom stereocenters. The first-order valence-electron chi connectivity index (χ1n) is 13.6. The number of hydrogen-bond donors (Lipinski definition) is 2. The molecule has 0 saturated carbocycles. The largest absolute Gasteiger partial charge is 0.468 e. The molecule has 0 unspecified atom stereocenters. The van der Waals surface area contributed by atoms with E-state index < -0.39 is 17.5 Å². The number of aromatic nitrogens is 1. The van der Waals surface area contributed by atoms with Gasteiger partial charge in [0.15, 0.2) is 0 Å². The number of hydrogen-bond acceptors (Lipinski definition) is 7. The molecule has 10 nitrogen and oxygen atoms in total. The van der Waals surface area contributed by atoms with Crippen LogP contribution in [0.25, 0.3) is 11.1 Å². The van der Waals surface area contributed by atoms with Crippen LogP contribution in [0.15, 0.2) is 48.8 Å². The Hall–Kier alpha value is -4.25. The van der Waals surface area contributed by atoms with E-state index in [9.17, 15) is 19.2 Å². The van der Waals surface area contributed by atoms with Crippen molar-refractivity contribution in [2.45, 2.75) is 52.5 Å². The highest BCUT2D eigenvalue weighted by Gasteiger charge is 2.45. The normalized spacial score (nSPS) is 14.9. The minimum absolute atomic E-state index is 0.178. The van der Waals surface area contributed by atoms with E-state index in [0.717, 1.165) is 21.6 Å². The Kier molecular flexibility index (Phi) is 8.72. The summed E-state index contributed by atoms with van der Waals surface area (Å²) in [5, 5.41) is 5.76. The Labute approximate surface area is 250 Å². The molecule has 1 aromatic carbocycles. The molecule has 4 rings (SSSR count). The molecule has 2 N–H and O–H groups in total. The number of pyridine rings is 1. The maximum Gasteiger partial charge on any atom is 0.325 e. The number of ether oxygens (including phenoxy) is 1. The molecule has 3 aromatic rings. The number of nitrogens with zero attached hydrogens (tertiary/aromatic N) is 3. The number of thiophene rings is 1. The predicted molar refractivity (Wildman–Crippen MR) is 164 cm³/mol. The van der Waals surface area contributed by atoms with Crippen molar-refractivity contribution in [1.29, 1.82) is 0 Å². The van der Waals surface area contributed by atoms with Gasteiger partial charge in [0, 0.05) is 36.0 Å². The van der Waals surface area contributed by atoms with Crippen LogP contribution >= 0.6 is 11.3 Å². The van der Waals surface area contributed by atoms with E-state index in [2.05, 4.69) is 15.6 Å². The average Bonchev–Trinajstić information content (AvgIpc) is 3.36. The number of esters is 1. The number of piperazine rings is 1. The number of anilines is 2. The summed E-state index contributed by atoms with van der Waals surface area (Å²) in [6.07, 6.45) is 3.44.